The molecule has 0 radical (unpaired) electrons. The molecule has 0 amide bonds. The van der Waals surface area contributed by atoms with E-state index in [2.05, 4.69) is 15.8 Å². The fraction of sp³-hybridized carbons (Fsp3) is 0.769. The van der Waals surface area contributed by atoms with Crippen LogP contribution in [0, 0.1) is 17.8 Å². The molecular formula is C26H47F2P. The van der Waals surface area contributed by atoms with E-state index in [0.29, 0.717) is 5.57 Å². The predicted octanol–water partition coefficient (Wildman–Crippen LogP) is 9.38. The molecule has 2 rings (SSSR count). The van der Waals surface area contributed by atoms with E-state index in [1.165, 1.54) is 63.5 Å². The Hall–Kier alpha value is -0.490. The Bertz CT molecular complexity index is 479. The molecule has 170 valence electrons. The minimum Gasteiger partial charge on any atom is -0.247 e. The average molecular weight is 429 g/mol. The zero-order valence-electron chi connectivity index (χ0n) is 19.8. The van der Waals surface area contributed by atoms with Gasteiger partial charge in [-0.1, -0.05) is 53.2 Å². The lowest BCUT2D eigenvalue weighted by atomic mass is 9.70. The second-order valence-electron chi connectivity index (χ2n) is 8.20. The van der Waals surface area contributed by atoms with Crippen LogP contribution in [0.3, 0.4) is 0 Å². The van der Waals surface area contributed by atoms with Gasteiger partial charge in [-0.05, 0) is 98.9 Å². The zero-order chi connectivity index (χ0) is 22.2. The van der Waals surface area contributed by atoms with E-state index in [0.717, 1.165) is 41.8 Å². The van der Waals surface area contributed by atoms with Crippen molar-refractivity contribution in [2.75, 3.05) is 6.67 Å². The van der Waals surface area contributed by atoms with Crippen LogP contribution in [-0.4, -0.2) is 12.3 Å². The number of alkyl halides is 1. The Morgan fingerprint density at radius 3 is 1.86 bits per heavy atom. The zero-order valence-corrected chi connectivity index (χ0v) is 20.9. The Morgan fingerprint density at radius 2 is 1.41 bits per heavy atom. The smallest absolute Gasteiger partial charge is 0.125 e. The molecule has 2 aliphatic carbocycles. The molecule has 1 atom stereocenters. The highest BCUT2D eigenvalue weighted by Crippen LogP contribution is 2.42. The Morgan fingerprint density at radius 1 is 0.931 bits per heavy atom. The van der Waals surface area contributed by atoms with Gasteiger partial charge >= 0.3 is 0 Å². The van der Waals surface area contributed by atoms with Gasteiger partial charge in [0.1, 0.15) is 12.5 Å². The molecule has 3 heteroatoms. The molecule has 0 N–H and O–H groups in total. The summed E-state index contributed by atoms with van der Waals surface area (Å²) in [5.74, 6) is 2.27. The van der Waals surface area contributed by atoms with E-state index < -0.39 is 6.67 Å². The van der Waals surface area contributed by atoms with Gasteiger partial charge in [0, 0.05) is 0 Å². The summed E-state index contributed by atoms with van der Waals surface area (Å²) in [7, 11) is 3.00. The van der Waals surface area contributed by atoms with Gasteiger partial charge < -0.3 is 0 Å². The standard InChI is InChI=1S/C22H35F2P.2C2H6/c1-16(2)22(24)15-18(13-14-23)4-3-17-5-7-19(8-6-17)20-9-11-21(25)12-10-20;2*1-2/h13,15,17,19-21H,1,3-12,14,25H2,2H3;2*1-2H3/b18-13-,22-15+;;. The lowest BCUT2D eigenvalue weighted by Gasteiger charge is -2.37. The Labute approximate surface area is 182 Å². The number of hydrogen-bond acceptors (Lipinski definition) is 0. The molecule has 0 heterocycles. The van der Waals surface area contributed by atoms with Crippen molar-refractivity contribution in [2.24, 2.45) is 17.8 Å². The van der Waals surface area contributed by atoms with E-state index >= 15 is 0 Å². The predicted molar refractivity (Wildman–Crippen MR) is 131 cm³/mol. The van der Waals surface area contributed by atoms with Gasteiger partial charge in [0.25, 0.3) is 0 Å². The summed E-state index contributed by atoms with van der Waals surface area (Å²) in [4.78, 5) is 0. The molecular weight excluding hydrogens is 381 g/mol. The first-order valence-corrected chi connectivity index (χ1v) is 12.7. The van der Waals surface area contributed by atoms with Crippen molar-refractivity contribution in [3.63, 3.8) is 0 Å². The van der Waals surface area contributed by atoms with Crippen molar-refractivity contribution < 1.29 is 8.78 Å². The van der Waals surface area contributed by atoms with Crippen molar-refractivity contribution in [2.45, 2.75) is 104 Å². The van der Waals surface area contributed by atoms with Gasteiger partial charge in [0.2, 0.25) is 0 Å². The Balaban J connectivity index is 0.00000184. The third-order valence-electron chi connectivity index (χ3n) is 6.28. The highest BCUT2D eigenvalue weighted by Gasteiger charge is 2.29. The van der Waals surface area contributed by atoms with Crippen LogP contribution in [0.2, 0.25) is 0 Å². The van der Waals surface area contributed by atoms with E-state index in [-0.39, 0.29) is 5.83 Å². The van der Waals surface area contributed by atoms with Crippen molar-refractivity contribution in [1.82, 2.24) is 0 Å². The van der Waals surface area contributed by atoms with Gasteiger partial charge in [0.05, 0.1) is 0 Å². The third-order valence-corrected chi connectivity index (χ3v) is 6.94. The first-order valence-electron chi connectivity index (χ1n) is 12.0. The lowest BCUT2D eigenvalue weighted by Crippen LogP contribution is -2.25. The molecule has 0 aromatic carbocycles. The number of rotatable bonds is 7. The van der Waals surface area contributed by atoms with Crippen LogP contribution in [0.15, 0.2) is 35.7 Å². The summed E-state index contributed by atoms with van der Waals surface area (Å²) < 4.78 is 26.4. The van der Waals surface area contributed by atoms with Crippen molar-refractivity contribution in [3.05, 3.63) is 35.7 Å². The maximum Gasteiger partial charge on any atom is 0.125 e. The van der Waals surface area contributed by atoms with E-state index in [1.54, 1.807) is 6.92 Å². The summed E-state index contributed by atoms with van der Waals surface area (Å²) in [6, 6.07) is 0. The highest BCUT2D eigenvalue weighted by atomic mass is 31.0. The van der Waals surface area contributed by atoms with Crippen LogP contribution in [0.25, 0.3) is 0 Å². The molecule has 29 heavy (non-hydrogen) atoms. The topological polar surface area (TPSA) is 0 Å². The average Bonchev–Trinajstić information content (AvgIpc) is 2.76. The third kappa shape index (κ3) is 11.5. The van der Waals surface area contributed by atoms with E-state index in [1.807, 2.05) is 27.7 Å². The van der Waals surface area contributed by atoms with Gasteiger partial charge in [-0.3, -0.25) is 0 Å². The molecule has 1 unspecified atom stereocenters. The number of allylic oxidation sites excluding steroid dienone is 5. The maximum absolute atomic E-state index is 13.7. The highest BCUT2D eigenvalue weighted by molar-refractivity contribution is 7.17. The molecule has 0 saturated heterocycles. The molecule has 2 fully saturated rings. The van der Waals surface area contributed by atoms with Crippen LogP contribution in [0.5, 0.6) is 0 Å². The van der Waals surface area contributed by atoms with Crippen LogP contribution in [0.4, 0.5) is 8.78 Å². The molecule has 0 aromatic heterocycles. The fourth-order valence-corrected chi connectivity index (χ4v) is 4.94. The van der Waals surface area contributed by atoms with Crippen molar-refractivity contribution in [1.29, 1.82) is 0 Å². The van der Waals surface area contributed by atoms with Gasteiger partial charge in [-0.15, -0.1) is 9.24 Å². The lowest BCUT2D eigenvalue weighted by molar-refractivity contribution is 0.165. The molecule has 0 nitrogen and oxygen atoms in total. The summed E-state index contributed by atoms with van der Waals surface area (Å²) >= 11 is 0. The second-order valence-corrected chi connectivity index (χ2v) is 9.14. The first kappa shape index (κ1) is 28.5. The van der Waals surface area contributed by atoms with Crippen LogP contribution in [0.1, 0.15) is 98.8 Å². The van der Waals surface area contributed by atoms with Gasteiger partial charge in [-0.25, -0.2) is 8.78 Å². The minimum absolute atomic E-state index is 0.326. The van der Waals surface area contributed by atoms with Crippen molar-refractivity contribution >= 4 is 9.24 Å². The number of hydrogen-bond donors (Lipinski definition) is 0. The van der Waals surface area contributed by atoms with Gasteiger partial charge in [-0.2, -0.15) is 0 Å². The molecule has 2 saturated carbocycles. The molecule has 0 bridgehead atoms. The normalized spacial score (nSPS) is 27.9. The van der Waals surface area contributed by atoms with E-state index in [4.69, 9.17) is 0 Å². The summed E-state index contributed by atoms with van der Waals surface area (Å²) in [6.45, 7) is 12.7. The van der Waals surface area contributed by atoms with Crippen LogP contribution in [-0.2, 0) is 0 Å². The van der Waals surface area contributed by atoms with Crippen LogP contribution < -0.4 is 0 Å². The summed E-state index contributed by atoms with van der Waals surface area (Å²) in [6.07, 6.45) is 15.7. The first-order chi connectivity index (χ1) is 14.0. The SMILES string of the molecule is C=C(C)/C(F)=C\C(=C/CF)CCC1CCC(C2CCC(P)CC2)CC1.CC.CC. The minimum atomic E-state index is -0.527. The molecule has 0 aliphatic heterocycles. The monoisotopic (exact) mass is 428 g/mol. The van der Waals surface area contributed by atoms with Crippen molar-refractivity contribution in [3.8, 4) is 0 Å². The molecule has 0 spiro atoms. The maximum atomic E-state index is 13.7. The summed E-state index contributed by atoms with van der Waals surface area (Å²) in [5, 5.41) is 0. The van der Waals surface area contributed by atoms with Gasteiger partial charge in [0.15, 0.2) is 0 Å². The molecule has 2 aliphatic rings. The molecule has 0 aromatic rings. The number of halogens is 2. The fourth-order valence-electron chi connectivity index (χ4n) is 4.55. The van der Waals surface area contributed by atoms with E-state index in [9.17, 15) is 8.78 Å². The largest absolute Gasteiger partial charge is 0.247 e. The quantitative estimate of drug-likeness (QED) is 0.280. The Kier molecular flexibility index (Phi) is 16.9. The summed E-state index contributed by atoms with van der Waals surface area (Å²) in [5.41, 5.74) is 2.04. The second kappa shape index (κ2) is 17.2. The van der Waals surface area contributed by atoms with Crippen LogP contribution >= 0.6 is 9.24 Å².